The molecule has 0 aliphatic carbocycles. The van der Waals surface area contributed by atoms with Crippen molar-refractivity contribution in [3.05, 3.63) is 23.8 Å². The van der Waals surface area contributed by atoms with Gasteiger partial charge in [0.2, 0.25) is 0 Å². The Kier molecular flexibility index (Phi) is 3.59. The van der Waals surface area contributed by atoms with Crippen LogP contribution in [0.5, 0.6) is 11.5 Å². The highest BCUT2D eigenvalue weighted by Crippen LogP contribution is 2.27. The van der Waals surface area contributed by atoms with Gasteiger partial charge in [0.15, 0.2) is 17.1 Å². The highest BCUT2D eigenvalue weighted by atomic mass is 16.4. The van der Waals surface area contributed by atoms with E-state index in [-0.39, 0.29) is 17.7 Å². The number of aliphatic hydroxyl groups is 2. The Morgan fingerprint density at radius 2 is 1.94 bits per heavy atom. The average Bonchev–Trinajstić information content (AvgIpc) is 2.22. The summed E-state index contributed by atoms with van der Waals surface area (Å²) < 4.78 is 0. The van der Waals surface area contributed by atoms with Crippen molar-refractivity contribution in [2.45, 2.75) is 25.0 Å². The molecule has 2 atom stereocenters. The zero-order chi connectivity index (χ0) is 13.2. The topological polar surface area (TPSA) is 118 Å². The van der Waals surface area contributed by atoms with Gasteiger partial charge in [-0.05, 0) is 24.6 Å². The second kappa shape index (κ2) is 4.60. The van der Waals surface area contributed by atoms with Crippen LogP contribution in [0, 0.1) is 0 Å². The minimum Gasteiger partial charge on any atom is -0.504 e. The van der Waals surface area contributed by atoms with Crippen molar-refractivity contribution in [1.29, 1.82) is 0 Å². The number of phenolic OH excluding ortho intramolecular Hbond substituents is 2. The molecule has 0 radical (unpaired) electrons. The van der Waals surface area contributed by atoms with Gasteiger partial charge in [-0.1, -0.05) is 6.07 Å². The molecule has 0 saturated carbocycles. The first-order chi connectivity index (χ1) is 7.77. The van der Waals surface area contributed by atoms with Crippen LogP contribution in [0.25, 0.3) is 0 Å². The standard InChI is InChI=1S/C11H14O6/c1-6(12)11(17,10(15)16)5-7-2-3-8(13)9(14)4-7/h2-4,6,12-14,17H,5H2,1H3,(H,15,16). The van der Waals surface area contributed by atoms with E-state index in [2.05, 4.69) is 0 Å². The average molecular weight is 242 g/mol. The molecule has 5 N–H and O–H groups in total. The lowest BCUT2D eigenvalue weighted by Crippen LogP contribution is -2.50. The zero-order valence-electron chi connectivity index (χ0n) is 9.16. The lowest BCUT2D eigenvalue weighted by molar-refractivity contribution is -0.170. The van der Waals surface area contributed by atoms with E-state index in [1.54, 1.807) is 0 Å². The van der Waals surface area contributed by atoms with E-state index >= 15 is 0 Å². The third-order valence-corrected chi connectivity index (χ3v) is 2.57. The molecule has 0 aliphatic heterocycles. The smallest absolute Gasteiger partial charge is 0.338 e. The van der Waals surface area contributed by atoms with Crippen LogP contribution in [-0.2, 0) is 11.2 Å². The van der Waals surface area contributed by atoms with Crippen LogP contribution < -0.4 is 0 Å². The molecule has 1 aromatic rings. The number of carboxylic acid groups (broad SMARTS) is 1. The first-order valence-corrected chi connectivity index (χ1v) is 4.92. The predicted octanol–water partition coefficient (Wildman–Crippen LogP) is -0.163. The molecule has 0 heterocycles. The van der Waals surface area contributed by atoms with Gasteiger partial charge in [-0.25, -0.2) is 4.79 Å². The SMILES string of the molecule is CC(O)C(O)(Cc1ccc(O)c(O)c1)C(=O)O. The van der Waals surface area contributed by atoms with E-state index in [1.807, 2.05) is 0 Å². The number of benzene rings is 1. The minimum absolute atomic E-state index is 0.283. The Hall–Kier alpha value is -1.79. The third-order valence-electron chi connectivity index (χ3n) is 2.57. The first kappa shape index (κ1) is 13.3. The largest absolute Gasteiger partial charge is 0.504 e. The summed E-state index contributed by atoms with van der Waals surface area (Å²) in [4.78, 5) is 10.9. The highest BCUT2D eigenvalue weighted by molar-refractivity contribution is 5.78. The maximum atomic E-state index is 10.9. The van der Waals surface area contributed by atoms with Crippen molar-refractivity contribution >= 4 is 5.97 Å². The van der Waals surface area contributed by atoms with E-state index in [0.29, 0.717) is 0 Å². The summed E-state index contributed by atoms with van der Waals surface area (Å²) in [6, 6.07) is 3.66. The molecular weight excluding hydrogens is 228 g/mol. The summed E-state index contributed by atoms with van der Waals surface area (Å²) >= 11 is 0. The quantitative estimate of drug-likeness (QED) is 0.468. The van der Waals surface area contributed by atoms with E-state index in [0.717, 1.165) is 13.0 Å². The molecule has 2 unspecified atom stereocenters. The molecule has 0 fully saturated rings. The number of carboxylic acids is 1. The molecule has 0 aliphatic rings. The van der Waals surface area contributed by atoms with Crippen molar-refractivity contribution in [3.8, 4) is 11.5 Å². The number of hydrogen-bond donors (Lipinski definition) is 5. The van der Waals surface area contributed by atoms with Gasteiger partial charge in [0.25, 0.3) is 0 Å². The second-order valence-corrected chi connectivity index (χ2v) is 3.91. The summed E-state index contributed by atoms with van der Waals surface area (Å²) in [5.74, 6) is -2.31. The molecule has 0 saturated heterocycles. The summed E-state index contributed by atoms with van der Waals surface area (Å²) in [7, 11) is 0. The number of aliphatic hydroxyl groups excluding tert-OH is 1. The molecule has 0 spiro atoms. The molecule has 0 amide bonds. The molecule has 0 bridgehead atoms. The Bertz CT molecular complexity index is 428. The summed E-state index contributed by atoms with van der Waals surface area (Å²) in [6.45, 7) is 1.16. The van der Waals surface area contributed by atoms with E-state index in [9.17, 15) is 20.1 Å². The van der Waals surface area contributed by atoms with Crippen LogP contribution in [0.3, 0.4) is 0 Å². The number of hydrogen-bond acceptors (Lipinski definition) is 5. The Morgan fingerprint density at radius 3 is 2.35 bits per heavy atom. The Balaban J connectivity index is 3.02. The third kappa shape index (κ3) is 2.66. The minimum atomic E-state index is -2.33. The molecule has 6 heteroatoms. The lowest BCUT2D eigenvalue weighted by atomic mass is 9.90. The second-order valence-electron chi connectivity index (χ2n) is 3.91. The number of phenols is 2. The molecule has 1 rings (SSSR count). The number of aromatic hydroxyl groups is 2. The Morgan fingerprint density at radius 1 is 1.35 bits per heavy atom. The van der Waals surface area contributed by atoms with Crippen molar-refractivity contribution in [2.24, 2.45) is 0 Å². The lowest BCUT2D eigenvalue weighted by Gasteiger charge is -2.26. The van der Waals surface area contributed by atoms with Crippen LogP contribution in [0.15, 0.2) is 18.2 Å². The first-order valence-electron chi connectivity index (χ1n) is 4.92. The van der Waals surface area contributed by atoms with Gasteiger partial charge in [-0.3, -0.25) is 0 Å². The van der Waals surface area contributed by atoms with Crippen molar-refractivity contribution in [3.63, 3.8) is 0 Å². The van der Waals surface area contributed by atoms with E-state index < -0.39 is 23.4 Å². The fourth-order valence-corrected chi connectivity index (χ4v) is 1.39. The van der Waals surface area contributed by atoms with Crippen molar-refractivity contribution < 1.29 is 30.3 Å². The van der Waals surface area contributed by atoms with Crippen LogP contribution in [0.2, 0.25) is 0 Å². The zero-order valence-corrected chi connectivity index (χ0v) is 9.16. The van der Waals surface area contributed by atoms with Crippen LogP contribution >= 0.6 is 0 Å². The molecule has 0 aromatic heterocycles. The summed E-state index contributed by atoms with van der Waals surface area (Å²) in [5.41, 5.74) is -2.05. The fraction of sp³-hybridized carbons (Fsp3) is 0.364. The fourth-order valence-electron chi connectivity index (χ4n) is 1.39. The monoisotopic (exact) mass is 242 g/mol. The van der Waals surface area contributed by atoms with Gasteiger partial charge in [0.1, 0.15) is 0 Å². The van der Waals surface area contributed by atoms with Gasteiger partial charge in [0, 0.05) is 6.42 Å². The molecule has 17 heavy (non-hydrogen) atoms. The van der Waals surface area contributed by atoms with Crippen molar-refractivity contribution in [1.82, 2.24) is 0 Å². The molecule has 6 nitrogen and oxygen atoms in total. The van der Waals surface area contributed by atoms with Gasteiger partial charge >= 0.3 is 5.97 Å². The molecular formula is C11H14O6. The van der Waals surface area contributed by atoms with Crippen LogP contribution in [-0.4, -0.2) is 43.2 Å². The van der Waals surface area contributed by atoms with Gasteiger partial charge in [0.05, 0.1) is 6.10 Å². The number of rotatable bonds is 4. The van der Waals surface area contributed by atoms with Crippen LogP contribution in [0.4, 0.5) is 0 Å². The maximum absolute atomic E-state index is 10.9. The number of carbonyl (C=O) groups is 1. The van der Waals surface area contributed by atoms with Gasteiger partial charge < -0.3 is 25.5 Å². The van der Waals surface area contributed by atoms with Gasteiger partial charge in [-0.15, -0.1) is 0 Å². The summed E-state index contributed by atoms with van der Waals surface area (Å²) in [5, 5.41) is 46.3. The van der Waals surface area contributed by atoms with E-state index in [1.165, 1.54) is 12.1 Å². The van der Waals surface area contributed by atoms with Gasteiger partial charge in [-0.2, -0.15) is 0 Å². The highest BCUT2D eigenvalue weighted by Gasteiger charge is 2.41. The maximum Gasteiger partial charge on any atom is 0.338 e. The molecule has 1 aromatic carbocycles. The van der Waals surface area contributed by atoms with Crippen molar-refractivity contribution in [2.75, 3.05) is 0 Å². The Labute approximate surface area is 97.4 Å². The predicted molar refractivity (Wildman–Crippen MR) is 57.7 cm³/mol. The van der Waals surface area contributed by atoms with Crippen LogP contribution in [0.1, 0.15) is 12.5 Å². The van der Waals surface area contributed by atoms with E-state index in [4.69, 9.17) is 10.2 Å². The number of aliphatic carboxylic acids is 1. The molecule has 94 valence electrons. The summed E-state index contributed by atoms with van der Waals surface area (Å²) in [6.07, 6.45) is -1.86. The normalized spacial score (nSPS) is 16.2.